The molecule has 2 rings (SSSR count). The number of halogens is 1. The van der Waals surface area contributed by atoms with Crippen LogP contribution in [0, 0.1) is 5.92 Å². The maximum Gasteiger partial charge on any atom is 0.179 e. The Morgan fingerprint density at radius 2 is 2.10 bits per heavy atom. The quantitative estimate of drug-likeness (QED) is 0.749. The minimum Gasteiger partial charge on any atom is -0.293 e. The zero-order valence-corrected chi connectivity index (χ0v) is 13.2. The molecule has 1 unspecified atom stereocenters. The van der Waals surface area contributed by atoms with Crippen molar-refractivity contribution in [3.63, 3.8) is 0 Å². The number of ketones is 1. The molecular formula is C17H24ClNO. The van der Waals surface area contributed by atoms with Crippen LogP contribution in [0.5, 0.6) is 0 Å². The summed E-state index contributed by atoms with van der Waals surface area (Å²) in [4.78, 5) is 14.8. The van der Waals surface area contributed by atoms with Gasteiger partial charge in [-0.1, -0.05) is 43.5 Å². The van der Waals surface area contributed by atoms with Gasteiger partial charge in [0, 0.05) is 10.6 Å². The first-order valence-corrected chi connectivity index (χ1v) is 8.03. The first kappa shape index (κ1) is 15.5. The molecule has 1 atom stereocenters. The van der Waals surface area contributed by atoms with Gasteiger partial charge in [-0.15, -0.1) is 0 Å². The van der Waals surface area contributed by atoms with Crippen LogP contribution < -0.4 is 0 Å². The molecule has 2 nitrogen and oxygen atoms in total. The second kappa shape index (κ2) is 7.24. The van der Waals surface area contributed by atoms with E-state index in [1.807, 2.05) is 19.1 Å². The molecule has 20 heavy (non-hydrogen) atoms. The van der Waals surface area contributed by atoms with E-state index in [0.29, 0.717) is 5.02 Å². The summed E-state index contributed by atoms with van der Waals surface area (Å²) < 4.78 is 0. The van der Waals surface area contributed by atoms with Gasteiger partial charge in [0.1, 0.15) is 0 Å². The lowest BCUT2D eigenvalue weighted by Gasteiger charge is -2.35. The number of carbonyl (C=O) groups is 1. The molecule has 0 N–H and O–H groups in total. The third-order valence-corrected chi connectivity index (χ3v) is 4.62. The Kier molecular flexibility index (Phi) is 5.62. The topological polar surface area (TPSA) is 20.3 Å². The molecule has 0 saturated carbocycles. The van der Waals surface area contributed by atoms with Crippen LogP contribution in [0.25, 0.3) is 0 Å². The van der Waals surface area contributed by atoms with E-state index < -0.39 is 0 Å². The first-order valence-electron chi connectivity index (χ1n) is 7.65. The third kappa shape index (κ3) is 3.83. The van der Waals surface area contributed by atoms with Crippen LogP contribution >= 0.6 is 11.6 Å². The number of benzene rings is 1. The minimum atomic E-state index is -0.0453. The van der Waals surface area contributed by atoms with Crippen molar-refractivity contribution in [3.05, 3.63) is 34.9 Å². The van der Waals surface area contributed by atoms with Crippen molar-refractivity contribution in [3.8, 4) is 0 Å². The van der Waals surface area contributed by atoms with Gasteiger partial charge in [-0.25, -0.2) is 0 Å². The molecule has 1 aliphatic rings. The van der Waals surface area contributed by atoms with E-state index in [4.69, 9.17) is 11.6 Å². The summed E-state index contributed by atoms with van der Waals surface area (Å²) in [6, 6.07) is 7.23. The number of hydrogen-bond donors (Lipinski definition) is 0. The summed E-state index contributed by atoms with van der Waals surface area (Å²) in [7, 11) is 0. The zero-order valence-electron chi connectivity index (χ0n) is 12.4. The Bertz CT molecular complexity index is 452. The van der Waals surface area contributed by atoms with E-state index in [1.54, 1.807) is 12.1 Å². The van der Waals surface area contributed by atoms with Gasteiger partial charge in [0.2, 0.25) is 0 Å². The fourth-order valence-electron chi connectivity index (χ4n) is 3.09. The maximum absolute atomic E-state index is 12.5. The summed E-state index contributed by atoms with van der Waals surface area (Å²) in [5.41, 5.74) is 0.723. The van der Waals surface area contributed by atoms with E-state index in [1.165, 1.54) is 25.7 Å². The van der Waals surface area contributed by atoms with E-state index in [2.05, 4.69) is 11.8 Å². The number of piperidine rings is 1. The number of likely N-dealkylation sites (tertiary alicyclic amines) is 1. The third-order valence-electron chi connectivity index (χ3n) is 4.38. The first-order chi connectivity index (χ1) is 9.61. The van der Waals surface area contributed by atoms with Crippen molar-refractivity contribution >= 4 is 17.4 Å². The smallest absolute Gasteiger partial charge is 0.179 e. The van der Waals surface area contributed by atoms with Crippen molar-refractivity contribution in [1.29, 1.82) is 0 Å². The van der Waals surface area contributed by atoms with Crippen molar-refractivity contribution < 1.29 is 4.79 Å². The number of carbonyl (C=O) groups excluding carboxylic acids is 1. The molecule has 1 saturated heterocycles. The van der Waals surface area contributed by atoms with Crippen molar-refractivity contribution in [2.45, 2.75) is 45.6 Å². The van der Waals surface area contributed by atoms with Gasteiger partial charge in [-0.2, -0.15) is 0 Å². The molecular weight excluding hydrogens is 270 g/mol. The van der Waals surface area contributed by atoms with E-state index in [-0.39, 0.29) is 11.8 Å². The highest BCUT2D eigenvalue weighted by Crippen LogP contribution is 2.24. The molecule has 0 spiro atoms. The summed E-state index contributed by atoms with van der Waals surface area (Å²) in [6.45, 7) is 6.34. The Balaban J connectivity index is 1.95. The SMILES string of the molecule is CCCC1CCN(C(C)C(=O)c2cccc(Cl)c2)CC1. The van der Waals surface area contributed by atoms with Crippen LogP contribution in [-0.2, 0) is 0 Å². The Morgan fingerprint density at radius 1 is 1.40 bits per heavy atom. The van der Waals surface area contributed by atoms with Crippen LogP contribution in [0.2, 0.25) is 5.02 Å². The molecule has 0 bridgehead atoms. The lowest BCUT2D eigenvalue weighted by Crippen LogP contribution is -2.44. The van der Waals surface area contributed by atoms with E-state index >= 15 is 0 Å². The number of hydrogen-bond acceptors (Lipinski definition) is 2. The number of Topliss-reactive ketones (excluding diaryl/α,β-unsaturated/α-hetero) is 1. The average molecular weight is 294 g/mol. The van der Waals surface area contributed by atoms with Gasteiger partial charge < -0.3 is 0 Å². The fourth-order valence-corrected chi connectivity index (χ4v) is 3.28. The van der Waals surface area contributed by atoms with Gasteiger partial charge in [-0.3, -0.25) is 9.69 Å². The zero-order chi connectivity index (χ0) is 14.5. The van der Waals surface area contributed by atoms with Crippen LogP contribution in [-0.4, -0.2) is 29.8 Å². The van der Waals surface area contributed by atoms with Crippen molar-refractivity contribution in [2.75, 3.05) is 13.1 Å². The predicted molar refractivity (Wildman–Crippen MR) is 84.4 cm³/mol. The normalized spacial score (nSPS) is 18.9. The molecule has 1 aromatic rings. The van der Waals surface area contributed by atoms with Crippen LogP contribution in [0.3, 0.4) is 0 Å². The van der Waals surface area contributed by atoms with Gasteiger partial charge in [0.15, 0.2) is 5.78 Å². The second-order valence-corrected chi connectivity index (χ2v) is 6.26. The van der Waals surface area contributed by atoms with Gasteiger partial charge >= 0.3 is 0 Å². The lowest BCUT2D eigenvalue weighted by atomic mass is 9.91. The molecule has 1 heterocycles. The Hall–Kier alpha value is -0.860. The number of rotatable bonds is 5. The molecule has 1 fully saturated rings. The second-order valence-electron chi connectivity index (χ2n) is 5.82. The highest BCUT2D eigenvalue weighted by atomic mass is 35.5. The van der Waals surface area contributed by atoms with Gasteiger partial charge in [0.25, 0.3) is 0 Å². The van der Waals surface area contributed by atoms with E-state index in [0.717, 1.165) is 24.6 Å². The fraction of sp³-hybridized carbons (Fsp3) is 0.588. The Morgan fingerprint density at radius 3 is 2.70 bits per heavy atom. The average Bonchev–Trinajstić information content (AvgIpc) is 2.47. The Labute approximate surface area is 127 Å². The summed E-state index contributed by atoms with van der Waals surface area (Å²) >= 11 is 5.97. The molecule has 3 heteroatoms. The van der Waals surface area contributed by atoms with Crippen molar-refractivity contribution in [2.24, 2.45) is 5.92 Å². The summed E-state index contributed by atoms with van der Waals surface area (Å²) in [6.07, 6.45) is 5.04. The molecule has 110 valence electrons. The molecule has 0 radical (unpaired) electrons. The standard InChI is InChI=1S/C17H24ClNO/c1-3-5-14-8-10-19(11-9-14)13(2)17(20)15-6-4-7-16(18)12-15/h4,6-7,12-14H,3,5,8-11H2,1-2H3. The molecule has 0 aliphatic carbocycles. The van der Waals surface area contributed by atoms with Crippen LogP contribution in [0.15, 0.2) is 24.3 Å². The van der Waals surface area contributed by atoms with E-state index in [9.17, 15) is 4.79 Å². The van der Waals surface area contributed by atoms with Crippen LogP contribution in [0.4, 0.5) is 0 Å². The predicted octanol–water partition coefficient (Wildman–Crippen LogP) is 4.42. The minimum absolute atomic E-state index is 0.0453. The van der Waals surface area contributed by atoms with Gasteiger partial charge in [-0.05, 0) is 50.9 Å². The monoisotopic (exact) mass is 293 g/mol. The highest BCUT2D eigenvalue weighted by Gasteiger charge is 2.26. The van der Waals surface area contributed by atoms with Gasteiger partial charge in [0.05, 0.1) is 6.04 Å². The molecule has 0 amide bonds. The maximum atomic E-state index is 12.5. The largest absolute Gasteiger partial charge is 0.293 e. The lowest BCUT2D eigenvalue weighted by molar-refractivity contribution is 0.0766. The summed E-state index contributed by atoms with van der Waals surface area (Å²) in [5.74, 6) is 1.03. The highest BCUT2D eigenvalue weighted by molar-refractivity contribution is 6.31. The molecule has 1 aliphatic heterocycles. The van der Waals surface area contributed by atoms with Crippen LogP contribution in [0.1, 0.15) is 49.9 Å². The molecule has 0 aromatic heterocycles. The number of nitrogens with zero attached hydrogens (tertiary/aromatic N) is 1. The van der Waals surface area contributed by atoms with Crippen molar-refractivity contribution in [1.82, 2.24) is 4.90 Å². The molecule has 1 aromatic carbocycles. The summed E-state index contributed by atoms with van der Waals surface area (Å²) in [5, 5.41) is 0.629.